The average molecular weight is 434 g/mol. The van der Waals surface area contributed by atoms with E-state index in [1.54, 1.807) is 6.20 Å². The van der Waals surface area contributed by atoms with Gasteiger partial charge in [-0.3, -0.25) is 4.79 Å². The van der Waals surface area contributed by atoms with Gasteiger partial charge in [-0.05, 0) is 47.9 Å². The molecular weight excluding hydrogens is 417 g/mol. The Kier molecular flexibility index (Phi) is 5.65. The second-order valence-corrected chi connectivity index (χ2v) is 7.26. The van der Waals surface area contributed by atoms with E-state index in [-0.39, 0.29) is 12.1 Å². The van der Waals surface area contributed by atoms with Crippen molar-refractivity contribution >= 4 is 22.6 Å². The van der Waals surface area contributed by atoms with Crippen molar-refractivity contribution in [1.29, 1.82) is 5.26 Å². The standard InChI is InChI=1S/C24H17F3N4O/c25-24(26,27)21-12-20(6-5-18(21)13-28)31-22(32)7-4-15-2-1-3-16(10-15)19-11-17-8-9-29-23(17)30-14-19/h1-3,5-6,8-12,14H,4,7H2,(H,29,30)(H,31,32). The van der Waals surface area contributed by atoms with Crippen LogP contribution in [0, 0.1) is 11.3 Å². The molecule has 2 aromatic heterocycles. The van der Waals surface area contributed by atoms with Crippen molar-refractivity contribution in [2.45, 2.75) is 19.0 Å². The molecule has 0 unspecified atom stereocenters. The van der Waals surface area contributed by atoms with Gasteiger partial charge in [-0.1, -0.05) is 24.3 Å². The molecule has 0 spiro atoms. The number of aromatic amines is 1. The Labute approximate surface area is 181 Å². The van der Waals surface area contributed by atoms with Crippen LogP contribution in [0.15, 0.2) is 67.0 Å². The van der Waals surface area contributed by atoms with Crippen LogP contribution in [-0.4, -0.2) is 15.9 Å². The lowest BCUT2D eigenvalue weighted by molar-refractivity contribution is -0.137. The van der Waals surface area contributed by atoms with Gasteiger partial charge >= 0.3 is 6.18 Å². The number of fused-ring (bicyclic) bond motifs is 1. The van der Waals surface area contributed by atoms with Gasteiger partial charge in [-0.15, -0.1) is 0 Å². The zero-order valence-electron chi connectivity index (χ0n) is 16.7. The number of carbonyl (C=O) groups excluding carboxylic acids is 1. The molecule has 4 rings (SSSR count). The number of rotatable bonds is 5. The number of amides is 1. The number of pyridine rings is 1. The van der Waals surface area contributed by atoms with Gasteiger partial charge in [0.25, 0.3) is 0 Å². The van der Waals surface area contributed by atoms with E-state index < -0.39 is 23.2 Å². The summed E-state index contributed by atoms with van der Waals surface area (Å²) in [5.41, 5.74) is 2.07. The molecule has 0 aliphatic rings. The highest BCUT2D eigenvalue weighted by atomic mass is 19.4. The number of nitriles is 1. The first-order valence-corrected chi connectivity index (χ1v) is 9.77. The Morgan fingerprint density at radius 1 is 1.09 bits per heavy atom. The molecule has 32 heavy (non-hydrogen) atoms. The minimum Gasteiger partial charge on any atom is -0.346 e. The van der Waals surface area contributed by atoms with E-state index >= 15 is 0 Å². The molecule has 0 atom stereocenters. The number of aryl methyl sites for hydroxylation is 1. The van der Waals surface area contributed by atoms with Gasteiger partial charge in [0.05, 0.1) is 17.2 Å². The van der Waals surface area contributed by atoms with Gasteiger partial charge in [0, 0.05) is 35.5 Å². The fourth-order valence-electron chi connectivity index (χ4n) is 3.44. The number of benzene rings is 2. The maximum Gasteiger partial charge on any atom is 0.417 e. The quantitative estimate of drug-likeness (QED) is 0.423. The molecule has 160 valence electrons. The Morgan fingerprint density at radius 3 is 2.72 bits per heavy atom. The number of halogens is 3. The van der Waals surface area contributed by atoms with Gasteiger partial charge in [0.1, 0.15) is 5.65 Å². The van der Waals surface area contributed by atoms with Crippen molar-refractivity contribution in [3.8, 4) is 17.2 Å². The van der Waals surface area contributed by atoms with Gasteiger partial charge in [-0.25, -0.2) is 4.98 Å². The summed E-state index contributed by atoms with van der Waals surface area (Å²) in [5, 5.41) is 12.3. The second kappa shape index (κ2) is 8.55. The van der Waals surface area contributed by atoms with E-state index in [1.807, 2.05) is 42.6 Å². The van der Waals surface area contributed by atoms with E-state index in [4.69, 9.17) is 5.26 Å². The van der Waals surface area contributed by atoms with Gasteiger partial charge < -0.3 is 10.3 Å². The molecule has 2 heterocycles. The number of nitrogens with zero attached hydrogens (tertiary/aromatic N) is 2. The van der Waals surface area contributed by atoms with Crippen LogP contribution >= 0.6 is 0 Å². The molecule has 8 heteroatoms. The number of nitrogens with one attached hydrogen (secondary N) is 2. The number of H-pyrrole nitrogens is 1. The number of aromatic nitrogens is 2. The zero-order chi connectivity index (χ0) is 22.7. The summed E-state index contributed by atoms with van der Waals surface area (Å²) in [6.45, 7) is 0. The molecular formula is C24H17F3N4O. The lowest BCUT2D eigenvalue weighted by Gasteiger charge is -2.12. The van der Waals surface area contributed by atoms with Crippen LogP contribution < -0.4 is 5.32 Å². The molecule has 0 fully saturated rings. The Hall–Kier alpha value is -4.12. The highest BCUT2D eigenvalue weighted by Gasteiger charge is 2.33. The lowest BCUT2D eigenvalue weighted by Crippen LogP contribution is -2.14. The van der Waals surface area contributed by atoms with Crippen molar-refractivity contribution < 1.29 is 18.0 Å². The smallest absolute Gasteiger partial charge is 0.346 e. The van der Waals surface area contributed by atoms with Crippen molar-refractivity contribution in [2.24, 2.45) is 0 Å². The highest BCUT2D eigenvalue weighted by molar-refractivity contribution is 5.91. The van der Waals surface area contributed by atoms with E-state index in [0.717, 1.165) is 39.9 Å². The number of hydrogen-bond donors (Lipinski definition) is 2. The first kappa shape index (κ1) is 21.1. The molecule has 0 aliphatic heterocycles. The molecule has 1 amide bonds. The third kappa shape index (κ3) is 4.62. The summed E-state index contributed by atoms with van der Waals surface area (Å²) in [7, 11) is 0. The number of alkyl halides is 3. The SMILES string of the molecule is N#Cc1ccc(NC(=O)CCc2cccc(-c3cnc4[nH]ccc4c3)c2)cc1C(F)(F)F. The summed E-state index contributed by atoms with van der Waals surface area (Å²) < 4.78 is 39.3. The number of carbonyl (C=O) groups is 1. The summed E-state index contributed by atoms with van der Waals surface area (Å²) in [6, 6.07) is 16.3. The fraction of sp³-hybridized carbons (Fsp3) is 0.125. The van der Waals surface area contributed by atoms with Crippen LogP contribution in [0.3, 0.4) is 0 Å². The fourth-order valence-corrected chi connectivity index (χ4v) is 3.44. The topological polar surface area (TPSA) is 81.6 Å². The molecule has 2 N–H and O–H groups in total. The van der Waals surface area contributed by atoms with Gasteiger partial charge in [0.2, 0.25) is 5.91 Å². The number of anilines is 1. The first-order chi connectivity index (χ1) is 15.3. The summed E-state index contributed by atoms with van der Waals surface area (Å²) in [5.74, 6) is -0.413. The average Bonchev–Trinajstić information content (AvgIpc) is 3.25. The summed E-state index contributed by atoms with van der Waals surface area (Å²) in [4.78, 5) is 19.7. The van der Waals surface area contributed by atoms with Crippen LogP contribution in [-0.2, 0) is 17.4 Å². The summed E-state index contributed by atoms with van der Waals surface area (Å²) >= 11 is 0. The Morgan fingerprint density at radius 2 is 1.94 bits per heavy atom. The molecule has 5 nitrogen and oxygen atoms in total. The van der Waals surface area contributed by atoms with Crippen molar-refractivity contribution in [3.05, 3.63) is 83.7 Å². The van der Waals surface area contributed by atoms with Crippen LogP contribution in [0.4, 0.5) is 18.9 Å². The van der Waals surface area contributed by atoms with E-state index in [0.29, 0.717) is 6.42 Å². The second-order valence-electron chi connectivity index (χ2n) is 7.26. The van der Waals surface area contributed by atoms with Crippen LogP contribution in [0.1, 0.15) is 23.1 Å². The predicted octanol–water partition coefficient (Wildman–Crippen LogP) is 5.69. The lowest BCUT2D eigenvalue weighted by atomic mass is 10.0. The third-order valence-electron chi connectivity index (χ3n) is 5.03. The molecule has 2 aromatic carbocycles. The van der Waals surface area contributed by atoms with Crippen molar-refractivity contribution in [1.82, 2.24) is 9.97 Å². The monoisotopic (exact) mass is 434 g/mol. The van der Waals surface area contributed by atoms with Gasteiger partial charge in [-0.2, -0.15) is 18.4 Å². The predicted molar refractivity (Wildman–Crippen MR) is 115 cm³/mol. The normalized spacial score (nSPS) is 11.3. The molecule has 0 saturated carbocycles. The largest absolute Gasteiger partial charge is 0.417 e. The van der Waals surface area contributed by atoms with Crippen molar-refractivity contribution in [2.75, 3.05) is 5.32 Å². The van der Waals surface area contributed by atoms with Crippen LogP contribution in [0.25, 0.3) is 22.2 Å². The highest BCUT2D eigenvalue weighted by Crippen LogP contribution is 2.33. The Bertz CT molecular complexity index is 1340. The minimum absolute atomic E-state index is 0.000884. The van der Waals surface area contributed by atoms with E-state index in [1.165, 1.54) is 12.1 Å². The molecule has 4 aromatic rings. The maximum atomic E-state index is 13.1. The molecule has 0 bridgehead atoms. The van der Waals surface area contributed by atoms with Crippen molar-refractivity contribution in [3.63, 3.8) is 0 Å². The van der Waals surface area contributed by atoms with Crippen LogP contribution in [0.2, 0.25) is 0 Å². The van der Waals surface area contributed by atoms with Crippen LogP contribution in [0.5, 0.6) is 0 Å². The van der Waals surface area contributed by atoms with Gasteiger partial charge in [0.15, 0.2) is 0 Å². The summed E-state index contributed by atoms with van der Waals surface area (Å²) in [6.07, 6.45) is -0.567. The molecule has 0 saturated heterocycles. The first-order valence-electron chi connectivity index (χ1n) is 9.77. The van der Waals surface area contributed by atoms with E-state index in [9.17, 15) is 18.0 Å². The Balaban J connectivity index is 1.43. The maximum absolute atomic E-state index is 13.1. The zero-order valence-corrected chi connectivity index (χ0v) is 16.7. The molecule has 0 radical (unpaired) electrons. The minimum atomic E-state index is -4.68. The molecule has 0 aliphatic carbocycles. The number of hydrogen-bond acceptors (Lipinski definition) is 3. The third-order valence-corrected chi connectivity index (χ3v) is 5.03. The van der Waals surface area contributed by atoms with E-state index in [2.05, 4.69) is 15.3 Å².